The Kier molecular flexibility index (Phi) is 3.41. The highest BCUT2D eigenvalue weighted by Crippen LogP contribution is 2.39. The van der Waals surface area contributed by atoms with Crippen LogP contribution in [0.5, 0.6) is 5.75 Å². The Labute approximate surface area is 113 Å². The van der Waals surface area contributed by atoms with Gasteiger partial charge in [0.15, 0.2) is 0 Å². The molecule has 4 heteroatoms. The summed E-state index contributed by atoms with van der Waals surface area (Å²) >= 11 is 6.15. The Balaban J connectivity index is 2.33. The minimum Gasteiger partial charge on any atom is -0.495 e. The molecule has 0 bridgehead atoms. The van der Waals surface area contributed by atoms with Crippen molar-refractivity contribution < 1.29 is 4.74 Å². The number of anilines is 1. The average Bonchev–Trinajstić information content (AvgIpc) is 2.63. The van der Waals surface area contributed by atoms with Crippen LogP contribution < -0.4 is 9.64 Å². The van der Waals surface area contributed by atoms with Crippen LogP contribution in [0.2, 0.25) is 5.02 Å². The van der Waals surface area contributed by atoms with Crippen LogP contribution in [0.25, 0.3) is 0 Å². The normalized spacial score (nSPS) is 21.7. The summed E-state index contributed by atoms with van der Waals surface area (Å²) in [6, 6.07) is 8.16. The third-order valence-corrected chi connectivity index (χ3v) is 4.09. The molecule has 2 rings (SSSR count). The molecule has 0 N–H and O–H groups in total. The van der Waals surface area contributed by atoms with Crippen molar-refractivity contribution in [3.8, 4) is 11.8 Å². The Morgan fingerprint density at radius 3 is 2.72 bits per heavy atom. The van der Waals surface area contributed by atoms with Gasteiger partial charge in [-0.2, -0.15) is 5.26 Å². The molecule has 0 aromatic heterocycles. The van der Waals surface area contributed by atoms with E-state index >= 15 is 0 Å². The van der Waals surface area contributed by atoms with Crippen molar-refractivity contribution in [1.29, 1.82) is 5.26 Å². The van der Waals surface area contributed by atoms with E-state index in [9.17, 15) is 5.26 Å². The van der Waals surface area contributed by atoms with Gasteiger partial charge in [-0.15, -0.1) is 0 Å². The summed E-state index contributed by atoms with van der Waals surface area (Å²) in [6.07, 6.45) is 0.896. The molecule has 1 heterocycles. The van der Waals surface area contributed by atoms with Crippen LogP contribution in [0, 0.1) is 17.2 Å². The van der Waals surface area contributed by atoms with Crippen LogP contribution in [-0.4, -0.2) is 19.2 Å². The van der Waals surface area contributed by atoms with Gasteiger partial charge in [-0.05, 0) is 38.5 Å². The number of halogens is 1. The van der Waals surface area contributed by atoms with Gasteiger partial charge in [0.1, 0.15) is 5.75 Å². The van der Waals surface area contributed by atoms with Crippen LogP contribution in [-0.2, 0) is 0 Å². The molecule has 1 aromatic carbocycles. The largest absolute Gasteiger partial charge is 0.495 e. The average molecular weight is 265 g/mol. The summed E-state index contributed by atoms with van der Waals surface area (Å²) in [7, 11) is 1.60. The number of methoxy groups -OCH3 is 1. The van der Waals surface area contributed by atoms with Crippen molar-refractivity contribution in [3.05, 3.63) is 23.2 Å². The highest BCUT2D eigenvalue weighted by Gasteiger charge is 2.41. The molecule has 0 radical (unpaired) electrons. The van der Waals surface area contributed by atoms with E-state index in [0.717, 1.165) is 18.7 Å². The van der Waals surface area contributed by atoms with Crippen molar-refractivity contribution in [2.45, 2.75) is 25.8 Å². The second-order valence-corrected chi connectivity index (χ2v) is 5.50. The number of nitriles is 1. The maximum atomic E-state index is 9.18. The molecule has 1 aromatic rings. The molecule has 1 atom stereocenters. The molecule has 1 aliphatic heterocycles. The topological polar surface area (TPSA) is 36.3 Å². The lowest BCUT2D eigenvalue weighted by Crippen LogP contribution is -2.42. The van der Waals surface area contributed by atoms with E-state index < -0.39 is 0 Å². The van der Waals surface area contributed by atoms with Gasteiger partial charge in [-0.25, -0.2) is 0 Å². The molecule has 96 valence electrons. The van der Waals surface area contributed by atoms with Gasteiger partial charge in [0.05, 0.1) is 29.7 Å². The second-order valence-electron chi connectivity index (χ2n) is 5.09. The molecule has 1 aliphatic rings. The van der Waals surface area contributed by atoms with Crippen LogP contribution in [0.1, 0.15) is 20.3 Å². The highest BCUT2D eigenvalue weighted by atomic mass is 35.5. The second kappa shape index (κ2) is 4.70. The molecule has 0 aliphatic carbocycles. The summed E-state index contributed by atoms with van der Waals surface area (Å²) in [5.74, 6) is 0.729. The van der Waals surface area contributed by atoms with Gasteiger partial charge in [0, 0.05) is 12.2 Å². The quantitative estimate of drug-likeness (QED) is 0.821. The first-order valence-corrected chi connectivity index (χ1v) is 6.39. The third kappa shape index (κ3) is 2.02. The zero-order valence-electron chi connectivity index (χ0n) is 10.9. The minimum absolute atomic E-state index is 0.0541. The lowest BCUT2D eigenvalue weighted by molar-refractivity contribution is 0.414. The fourth-order valence-corrected chi connectivity index (χ4v) is 2.85. The molecule has 0 saturated carbocycles. The molecule has 1 saturated heterocycles. The lowest BCUT2D eigenvalue weighted by Gasteiger charge is -2.35. The molecule has 3 nitrogen and oxygen atoms in total. The van der Waals surface area contributed by atoms with Crippen LogP contribution in [0.3, 0.4) is 0 Å². The van der Waals surface area contributed by atoms with Crippen molar-refractivity contribution in [3.63, 3.8) is 0 Å². The number of nitrogens with zero attached hydrogens (tertiary/aromatic N) is 2. The van der Waals surface area contributed by atoms with E-state index in [2.05, 4.69) is 24.8 Å². The van der Waals surface area contributed by atoms with E-state index in [1.54, 1.807) is 7.11 Å². The van der Waals surface area contributed by atoms with Gasteiger partial charge < -0.3 is 9.64 Å². The zero-order valence-corrected chi connectivity index (χ0v) is 11.7. The van der Waals surface area contributed by atoms with Gasteiger partial charge >= 0.3 is 0 Å². The molecule has 1 fully saturated rings. The SMILES string of the molecule is COc1ccc(N2CCC(C#N)C2(C)C)cc1Cl. The zero-order chi connectivity index (χ0) is 13.3. The first-order chi connectivity index (χ1) is 8.50. The molecule has 18 heavy (non-hydrogen) atoms. The number of ether oxygens (including phenoxy) is 1. The van der Waals surface area contributed by atoms with E-state index in [1.165, 1.54) is 0 Å². The first kappa shape index (κ1) is 13.0. The standard InChI is InChI=1S/C14H17ClN2O/c1-14(2)10(9-16)6-7-17(14)11-4-5-13(18-3)12(15)8-11/h4-5,8,10H,6-7H2,1-3H3. The molecule has 0 amide bonds. The lowest BCUT2D eigenvalue weighted by atomic mass is 9.89. The van der Waals surface area contributed by atoms with Crippen LogP contribution in [0.15, 0.2) is 18.2 Å². The fraction of sp³-hybridized carbons (Fsp3) is 0.500. The minimum atomic E-state index is -0.160. The Morgan fingerprint density at radius 1 is 1.50 bits per heavy atom. The van der Waals surface area contributed by atoms with Gasteiger partial charge in [0.25, 0.3) is 0 Å². The van der Waals surface area contributed by atoms with E-state index in [1.807, 2.05) is 18.2 Å². The van der Waals surface area contributed by atoms with Crippen molar-refractivity contribution in [2.24, 2.45) is 5.92 Å². The fourth-order valence-electron chi connectivity index (χ4n) is 2.60. The number of rotatable bonds is 2. The Bertz CT molecular complexity index is 493. The monoisotopic (exact) mass is 264 g/mol. The third-order valence-electron chi connectivity index (χ3n) is 3.79. The molecule has 1 unspecified atom stereocenters. The molecular weight excluding hydrogens is 248 g/mol. The number of benzene rings is 1. The molecule has 0 spiro atoms. The Morgan fingerprint density at radius 2 is 2.22 bits per heavy atom. The van der Waals surface area contributed by atoms with Gasteiger partial charge in [0.2, 0.25) is 0 Å². The smallest absolute Gasteiger partial charge is 0.137 e. The number of hydrogen-bond acceptors (Lipinski definition) is 3. The highest BCUT2D eigenvalue weighted by molar-refractivity contribution is 6.32. The summed E-state index contributed by atoms with van der Waals surface area (Å²) in [4.78, 5) is 2.24. The van der Waals surface area contributed by atoms with E-state index in [0.29, 0.717) is 10.8 Å². The van der Waals surface area contributed by atoms with E-state index in [-0.39, 0.29) is 11.5 Å². The van der Waals surface area contributed by atoms with Crippen LogP contribution in [0.4, 0.5) is 5.69 Å². The van der Waals surface area contributed by atoms with Crippen molar-refractivity contribution >= 4 is 17.3 Å². The maximum Gasteiger partial charge on any atom is 0.137 e. The number of hydrogen-bond donors (Lipinski definition) is 0. The maximum absolute atomic E-state index is 9.18. The van der Waals surface area contributed by atoms with Crippen molar-refractivity contribution in [2.75, 3.05) is 18.6 Å². The summed E-state index contributed by atoms with van der Waals surface area (Å²) in [6.45, 7) is 5.09. The first-order valence-electron chi connectivity index (χ1n) is 6.01. The summed E-state index contributed by atoms with van der Waals surface area (Å²) in [5, 5.41) is 9.78. The van der Waals surface area contributed by atoms with Gasteiger partial charge in [-0.3, -0.25) is 0 Å². The predicted molar refractivity (Wildman–Crippen MR) is 73.1 cm³/mol. The van der Waals surface area contributed by atoms with Crippen molar-refractivity contribution in [1.82, 2.24) is 0 Å². The van der Waals surface area contributed by atoms with Gasteiger partial charge in [-0.1, -0.05) is 11.6 Å². The van der Waals surface area contributed by atoms with E-state index in [4.69, 9.17) is 16.3 Å². The summed E-state index contributed by atoms with van der Waals surface area (Å²) in [5.41, 5.74) is 0.885. The van der Waals surface area contributed by atoms with Crippen LogP contribution >= 0.6 is 11.6 Å². The molecular formula is C14H17ClN2O. The predicted octanol–water partition coefficient (Wildman–Crippen LogP) is 3.48. The summed E-state index contributed by atoms with van der Waals surface area (Å²) < 4.78 is 5.15. The Hall–Kier alpha value is -1.40.